The van der Waals surface area contributed by atoms with Gasteiger partial charge >= 0.3 is 5.97 Å². The summed E-state index contributed by atoms with van der Waals surface area (Å²) in [5.41, 5.74) is 0.583. The van der Waals surface area contributed by atoms with Crippen LogP contribution >= 0.6 is 0 Å². The minimum atomic E-state index is -3.61. The Bertz CT molecular complexity index is 599. The van der Waals surface area contributed by atoms with Gasteiger partial charge in [0.25, 0.3) is 0 Å². The Morgan fingerprint density at radius 2 is 1.94 bits per heavy atom. The number of carboxylic acids is 1. The number of rotatable bonds is 4. The highest BCUT2D eigenvalue weighted by molar-refractivity contribution is 7.89. The number of aryl methyl sites for hydroxylation is 1. The number of H-pyrrole nitrogens is 1. The van der Waals surface area contributed by atoms with Crippen LogP contribution in [-0.2, 0) is 10.0 Å². The van der Waals surface area contributed by atoms with E-state index in [1.165, 1.54) is 11.2 Å². The van der Waals surface area contributed by atoms with Crippen LogP contribution < -0.4 is 0 Å². The van der Waals surface area contributed by atoms with Gasteiger partial charge in [-0.3, -0.25) is 0 Å². The maximum atomic E-state index is 12.4. The number of sulfonamides is 1. The summed E-state index contributed by atoms with van der Waals surface area (Å²) in [4.78, 5) is 13.7. The molecule has 1 aliphatic carbocycles. The van der Waals surface area contributed by atoms with Crippen molar-refractivity contribution in [3.63, 3.8) is 0 Å². The zero-order valence-electron chi connectivity index (χ0n) is 10.5. The highest BCUT2D eigenvalue weighted by Crippen LogP contribution is 2.33. The second-order valence-electron chi connectivity index (χ2n) is 4.64. The first-order valence-electron chi connectivity index (χ1n) is 5.67. The van der Waals surface area contributed by atoms with E-state index in [0.717, 1.165) is 12.8 Å². The lowest BCUT2D eigenvalue weighted by Gasteiger charge is -2.16. The van der Waals surface area contributed by atoms with Gasteiger partial charge < -0.3 is 10.1 Å². The van der Waals surface area contributed by atoms with Crippen LogP contribution in [0, 0.1) is 13.8 Å². The molecule has 0 saturated heterocycles. The Kier molecular flexibility index (Phi) is 2.98. The van der Waals surface area contributed by atoms with Crippen molar-refractivity contribution < 1.29 is 18.3 Å². The van der Waals surface area contributed by atoms with Crippen molar-refractivity contribution in [2.75, 3.05) is 7.05 Å². The van der Waals surface area contributed by atoms with Gasteiger partial charge in [0.1, 0.15) is 10.6 Å². The molecule has 1 fully saturated rings. The molecule has 1 aliphatic rings. The lowest BCUT2D eigenvalue weighted by atomic mass is 10.2. The van der Waals surface area contributed by atoms with Gasteiger partial charge in [-0.1, -0.05) is 0 Å². The van der Waals surface area contributed by atoms with Gasteiger partial charge in [-0.15, -0.1) is 0 Å². The summed E-state index contributed by atoms with van der Waals surface area (Å²) in [6.45, 7) is 3.09. The topological polar surface area (TPSA) is 90.5 Å². The zero-order valence-corrected chi connectivity index (χ0v) is 11.3. The third-order valence-electron chi connectivity index (χ3n) is 3.28. The Labute approximate surface area is 106 Å². The van der Waals surface area contributed by atoms with Gasteiger partial charge in [0.15, 0.2) is 0 Å². The number of hydrogen-bond acceptors (Lipinski definition) is 3. The number of aromatic carboxylic acids is 1. The molecule has 0 aromatic carbocycles. The second-order valence-corrected chi connectivity index (χ2v) is 6.57. The largest absolute Gasteiger partial charge is 0.477 e. The molecule has 0 spiro atoms. The number of carboxylic acid groups (broad SMARTS) is 1. The summed E-state index contributed by atoms with van der Waals surface area (Å²) in [5, 5.41) is 8.99. The molecule has 1 aromatic rings. The summed E-state index contributed by atoms with van der Waals surface area (Å²) < 4.78 is 26.1. The standard InChI is InChI=1S/C11H16N2O4S/c1-6-9(11(14)15)12-7(2)10(6)18(16,17)13(3)8-4-5-8/h8,12H,4-5H2,1-3H3,(H,14,15). The van der Waals surface area contributed by atoms with Gasteiger partial charge in [-0.05, 0) is 26.7 Å². The molecule has 0 bridgehead atoms. The fourth-order valence-electron chi connectivity index (χ4n) is 2.11. The smallest absolute Gasteiger partial charge is 0.352 e. The van der Waals surface area contributed by atoms with E-state index in [1.807, 2.05) is 0 Å². The van der Waals surface area contributed by atoms with E-state index in [0.29, 0.717) is 5.69 Å². The normalized spacial score (nSPS) is 16.2. The molecule has 2 rings (SSSR count). The molecule has 1 heterocycles. The van der Waals surface area contributed by atoms with E-state index in [1.54, 1.807) is 14.0 Å². The first-order valence-corrected chi connectivity index (χ1v) is 7.11. The van der Waals surface area contributed by atoms with Crippen LogP contribution in [0.2, 0.25) is 0 Å². The maximum absolute atomic E-state index is 12.4. The van der Waals surface area contributed by atoms with Gasteiger partial charge in [-0.2, -0.15) is 4.31 Å². The highest BCUT2D eigenvalue weighted by atomic mass is 32.2. The van der Waals surface area contributed by atoms with E-state index < -0.39 is 16.0 Å². The van der Waals surface area contributed by atoms with Crippen LogP contribution in [0.25, 0.3) is 0 Å². The first kappa shape index (κ1) is 13.1. The van der Waals surface area contributed by atoms with E-state index in [2.05, 4.69) is 4.98 Å². The molecule has 1 aromatic heterocycles. The van der Waals surface area contributed by atoms with Crippen molar-refractivity contribution in [3.05, 3.63) is 17.0 Å². The summed E-state index contributed by atoms with van der Waals surface area (Å²) >= 11 is 0. The summed E-state index contributed by atoms with van der Waals surface area (Å²) in [7, 11) is -2.07. The van der Waals surface area contributed by atoms with Crippen molar-refractivity contribution >= 4 is 16.0 Å². The van der Waals surface area contributed by atoms with Crippen LogP contribution in [0.1, 0.15) is 34.6 Å². The SMILES string of the molecule is Cc1[nH]c(C(=O)O)c(C)c1S(=O)(=O)N(C)C1CC1. The van der Waals surface area contributed by atoms with Crippen molar-refractivity contribution in [2.45, 2.75) is 37.6 Å². The van der Waals surface area contributed by atoms with E-state index in [9.17, 15) is 13.2 Å². The third-order valence-corrected chi connectivity index (χ3v) is 5.47. The predicted octanol–water partition coefficient (Wildman–Crippen LogP) is 1.11. The monoisotopic (exact) mass is 272 g/mol. The third kappa shape index (κ3) is 1.93. The minimum Gasteiger partial charge on any atom is -0.477 e. The van der Waals surface area contributed by atoms with Crippen molar-refractivity contribution in [1.29, 1.82) is 0 Å². The number of carbonyl (C=O) groups is 1. The van der Waals surface area contributed by atoms with Crippen LogP contribution in [-0.4, -0.2) is 41.9 Å². The molecule has 7 heteroatoms. The van der Waals surface area contributed by atoms with Crippen molar-refractivity contribution in [3.8, 4) is 0 Å². The second kappa shape index (κ2) is 4.10. The molecule has 2 N–H and O–H groups in total. The number of aromatic amines is 1. The Balaban J connectivity index is 2.54. The molecule has 0 amide bonds. The first-order chi connectivity index (χ1) is 8.26. The van der Waals surface area contributed by atoms with E-state index >= 15 is 0 Å². The lowest BCUT2D eigenvalue weighted by molar-refractivity contribution is 0.0690. The number of hydrogen-bond donors (Lipinski definition) is 2. The predicted molar refractivity (Wildman–Crippen MR) is 65.2 cm³/mol. The van der Waals surface area contributed by atoms with E-state index in [-0.39, 0.29) is 22.2 Å². The Morgan fingerprint density at radius 3 is 2.33 bits per heavy atom. The van der Waals surface area contributed by atoms with E-state index in [4.69, 9.17) is 5.11 Å². The highest BCUT2D eigenvalue weighted by Gasteiger charge is 2.38. The van der Waals surface area contributed by atoms with Crippen molar-refractivity contribution in [2.24, 2.45) is 0 Å². The zero-order chi connectivity index (χ0) is 13.7. The fourth-order valence-corrected chi connectivity index (χ4v) is 3.93. The van der Waals surface area contributed by atoms with Crippen molar-refractivity contribution in [1.82, 2.24) is 9.29 Å². The van der Waals surface area contributed by atoms with Gasteiger partial charge in [0.2, 0.25) is 10.0 Å². The summed E-state index contributed by atoms with van der Waals surface area (Å²) in [5.74, 6) is -1.15. The quantitative estimate of drug-likeness (QED) is 0.859. The molecule has 0 unspecified atom stereocenters. The molecular weight excluding hydrogens is 256 g/mol. The lowest BCUT2D eigenvalue weighted by Crippen LogP contribution is -2.29. The van der Waals surface area contributed by atoms with Gasteiger partial charge in [-0.25, -0.2) is 13.2 Å². The fraction of sp³-hybridized carbons (Fsp3) is 0.545. The summed E-state index contributed by atoms with van der Waals surface area (Å²) in [6, 6.07) is 0.0528. The summed E-state index contributed by atoms with van der Waals surface area (Å²) in [6.07, 6.45) is 1.73. The molecule has 0 atom stereocenters. The molecule has 18 heavy (non-hydrogen) atoms. The molecule has 0 aliphatic heterocycles. The van der Waals surface area contributed by atoms with Crippen LogP contribution in [0.4, 0.5) is 0 Å². The average molecular weight is 272 g/mol. The maximum Gasteiger partial charge on any atom is 0.352 e. The van der Waals surface area contributed by atoms with Crippen LogP contribution in [0.3, 0.4) is 0 Å². The molecule has 100 valence electrons. The molecular formula is C11H16N2O4S. The number of nitrogens with one attached hydrogen (secondary N) is 1. The molecule has 1 saturated carbocycles. The Hall–Kier alpha value is -1.34. The molecule has 6 nitrogen and oxygen atoms in total. The van der Waals surface area contributed by atoms with Gasteiger partial charge in [0, 0.05) is 24.3 Å². The van der Waals surface area contributed by atoms with Crippen LogP contribution in [0.15, 0.2) is 4.90 Å². The van der Waals surface area contributed by atoms with Crippen LogP contribution in [0.5, 0.6) is 0 Å². The Morgan fingerprint density at radius 1 is 1.39 bits per heavy atom. The number of nitrogens with zero attached hydrogens (tertiary/aromatic N) is 1. The van der Waals surface area contributed by atoms with Gasteiger partial charge in [0.05, 0.1) is 0 Å². The average Bonchev–Trinajstić information content (AvgIpc) is 3.03. The number of aromatic nitrogens is 1. The molecule has 0 radical (unpaired) electrons. The minimum absolute atomic E-state index is 0.0528.